The Morgan fingerprint density at radius 3 is 2.07 bits per heavy atom. The summed E-state index contributed by atoms with van der Waals surface area (Å²) in [4.78, 5) is 23.9. The first-order valence-electron chi connectivity index (χ1n) is 8.80. The van der Waals surface area contributed by atoms with Crippen molar-refractivity contribution in [2.45, 2.75) is 33.2 Å². The number of rotatable bonds is 6. The minimum atomic E-state index is -1.31. The Bertz CT molecular complexity index is 843. The number of methoxy groups -OCH3 is 1. The van der Waals surface area contributed by atoms with Gasteiger partial charge in [-0.15, -0.1) is 0 Å². The summed E-state index contributed by atoms with van der Waals surface area (Å²) < 4.78 is 10.9. The molecule has 0 bridgehead atoms. The minimum Gasteiger partial charge on any atom is -0.497 e. The van der Waals surface area contributed by atoms with Gasteiger partial charge < -0.3 is 25.2 Å². The molecule has 0 spiro atoms. The van der Waals surface area contributed by atoms with Crippen LogP contribution in [0.4, 0.5) is 10.5 Å². The van der Waals surface area contributed by atoms with Crippen LogP contribution in [0.25, 0.3) is 0 Å². The summed E-state index contributed by atoms with van der Waals surface area (Å²) in [5.74, 6) is 1.47. The second-order valence-electron chi connectivity index (χ2n) is 7.56. The lowest BCUT2D eigenvalue weighted by Gasteiger charge is -2.40. The van der Waals surface area contributed by atoms with Gasteiger partial charge in [-0.05, 0) is 48.7 Å². The van der Waals surface area contributed by atoms with Crippen LogP contribution in [0.5, 0.6) is 17.2 Å². The molecule has 0 fully saturated rings. The number of amides is 2. The third kappa shape index (κ3) is 4.94. The van der Waals surface area contributed by atoms with Gasteiger partial charge in [-0.3, -0.25) is 4.79 Å². The average molecular weight is 386 g/mol. The van der Waals surface area contributed by atoms with E-state index in [0.29, 0.717) is 22.9 Å². The van der Waals surface area contributed by atoms with Gasteiger partial charge in [0.25, 0.3) is 5.91 Å². The Morgan fingerprint density at radius 1 is 0.929 bits per heavy atom. The number of hydrogen-bond donors (Lipinski definition) is 3. The molecule has 2 amide bonds. The van der Waals surface area contributed by atoms with E-state index >= 15 is 0 Å². The van der Waals surface area contributed by atoms with Gasteiger partial charge in [-0.25, -0.2) is 4.79 Å². The molecule has 2 aromatic carbocycles. The molecule has 2 rings (SSSR count). The van der Waals surface area contributed by atoms with Crippen LogP contribution in [0.1, 0.15) is 27.7 Å². The van der Waals surface area contributed by atoms with Crippen molar-refractivity contribution in [1.82, 2.24) is 5.32 Å². The lowest BCUT2D eigenvalue weighted by atomic mass is 9.74. The molecule has 0 aliphatic carbocycles. The molecule has 0 radical (unpaired) electrons. The first-order valence-corrected chi connectivity index (χ1v) is 8.80. The summed E-state index contributed by atoms with van der Waals surface area (Å²) in [5.41, 5.74) is -1.41. The van der Waals surface area contributed by atoms with E-state index in [0.717, 1.165) is 0 Å². The Balaban J connectivity index is 2.12. The molecular formula is C21H26N2O5. The van der Waals surface area contributed by atoms with Gasteiger partial charge in [-0.1, -0.05) is 26.8 Å². The van der Waals surface area contributed by atoms with Gasteiger partial charge >= 0.3 is 6.09 Å². The van der Waals surface area contributed by atoms with Crippen molar-refractivity contribution in [3.05, 3.63) is 48.5 Å². The maximum Gasteiger partial charge on any atom is 0.405 e. The van der Waals surface area contributed by atoms with Gasteiger partial charge in [0, 0.05) is 11.8 Å². The SMILES string of the molecule is COc1cccc(Oc2ccc(NC(=O)[C@](C)(NC(=O)O)C(C)(C)C)cc2)c1. The van der Waals surface area contributed by atoms with Crippen LogP contribution >= 0.6 is 0 Å². The number of anilines is 1. The molecule has 0 aromatic heterocycles. The van der Waals surface area contributed by atoms with Crippen LogP contribution in [0.3, 0.4) is 0 Å². The number of benzene rings is 2. The predicted molar refractivity (Wildman–Crippen MR) is 107 cm³/mol. The number of carbonyl (C=O) groups excluding carboxylic acids is 1. The van der Waals surface area contributed by atoms with Gasteiger partial charge in [0.05, 0.1) is 7.11 Å². The Hall–Kier alpha value is -3.22. The summed E-state index contributed by atoms with van der Waals surface area (Å²) in [7, 11) is 1.58. The third-order valence-corrected chi connectivity index (χ3v) is 4.70. The van der Waals surface area contributed by atoms with Gasteiger partial charge in [-0.2, -0.15) is 0 Å². The molecule has 0 aliphatic rings. The summed E-state index contributed by atoms with van der Waals surface area (Å²) in [5, 5.41) is 14.2. The molecule has 1 atom stereocenters. The van der Waals surface area contributed by atoms with Crippen molar-refractivity contribution in [3.8, 4) is 17.2 Å². The van der Waals surface area contributed by atoms with E-state index in [1.165, 1.54) is 0 Å². The summed E-state index contributed by atoms with van der Waals surface area (Å²) in [6.45, 7) is 6.96. The predicted octanol–water partition coefficient (Wildman–Crippen LogP) is 4.50. The fourth-order valence-electron chi connectivity index (χ4n) is 2.46. The topological polar surface area (TPSA) is 96.9 Å². The van der Waals surface area contributed by atoms with E-state index in [1.807, 2.05) is 18.2 Å². The van der Waals surface area contributed by atoms with Crippen LogP contribution in [-0.2, 0) is 4.79 Å². The van der Waals surface area contributed by atoms with Crippen LogP contribution < -0.4 is 20.1 Å². The molecule has 150 valence electrons. The fourth-order valence-corrected chi connectivity index (χ4v) is 2.46. The second kappa shape index (κ2) is 8.21. The van der Waals surface area contributed by atoms with Crippen molar-refractivity contribution in [3.63, 3.8) is 0 Å². The monoisotopic (exact) mass is 386 g/mol. The van der Waals surface area contributed by atoms with E-state index in [2.05, 4.69) is 10.6 Å². The summed E-state index contributed by atoms with van der Waals surface area (Å²) in [6.07, 6.45) is -1.25. The Labute approximate surface area is 164 Å². The first kappa shape index (κ1) is 21.1. The minimum absolute atomic E-state index is 0.441. The number of hydrogen-bond acceptors (Lipinski definition) is 4. The zero-order valence-corrected chi connectivity index (χ0v) is 16.7. The maximum absolute atomic E-state index is 12.8. The molecule has 0 unspecified atom stereocenters. The summed E-state index contributed by atoms with van der Waals surface area (Å²) >= 11 is 0. The van der Waals surface area contributed by atoms with E-state index < -0.39 is 23.0 Å². The Kier molecular flexibility index (Phi) is 6.18. The van der Waals surface area contributed by atoms with Crippen LogP contribution in [-0.4, -0.2) is 29.8 Å². The van der Waals surface area contributed by atoms with Crippen LogP contribution in [0.2, 0.25) is 0 Å². The van der Waals surface area contributed by atoms with E-state index in [9.17, 15) is 9.59 Å². The molecule has 0 aliphatic heterocycles. The van der Waals surface area contributed by atoms with E-state index in [4.69, 9.17) is 14.6 Å². The molecule has 0 saturated carbocycles. The van der Waals surface area contributed by atoms with Crippen molar-refractivity contribution >= 4 is 17.7 Å². The first-order chi connectivity index (χ1) is 13.0. The largest absolute Gasteiger partial charge is 0.497 e. The van der Waals surface area contributed by atoms with Gasteiger partial charge in [0.15, 0.2) is 0 Å². The highest BCUT2D eigenvalue weighted by molar-refractivity contribution is 6.00. The summed E-state index contributed by atoms with van der Waals surface area (Å²) in [6, 6.07) is 14.0. The number of nitrogens with one attached hydrogen (secondary N) is 2. The van der Waals surface area contributed by atoms with E-state index in [-0.39, 0.29) is 0 Å². The average Bonchev–Trinajstić information content (AvgIpc) is 2.62. The van der Waals surface area contributed by atoms with Crippen molar-refractivity contribution in [1.29, 1.82) is 0 Å². The van der Waals surface area contributed by atoms with Crippen LogP contribution in [0, 0.1) is 5.41 Å². The normalized spacial score (nSPS) is 13.2. The van der Waals surface area contributed by atoms with Crippen molar-refractivity contribution in [2.75, 3.05) is 12.4 Å². The van der Waals surface area contributed by atoms with Crippen LogP contribution in [0.15, 0.2) is 48.5 Å². The highest BCUT2D eigenvalue weighted by Gasteiger charge is 2.45. The maximum atomic E-state index is 12.8. The molecule has 2 aromatic rings. The van der Waals surface area contributed by atoms with E-state index in [1.54, 1.807) is 65.1 Å². The van der Waals surface area contributed by atoms with Gasteiger partial charge in [0.1, 0.15) is 22.8 Å². The van der Waals surface area contributed by atoms with Crippen molar-refractivity contribution in [2.24, 2.45) is 5.41 Å². The third-order valence-electron chi connectivity index (χ3n) is 4.70. The lowest BCUT2D eigenvalue weighted by molar-refractivity contribution is -0.125. The highest BCUT2D eigenvalue weighted by Crippen LogP contribution is 2.32. The second-order valence-corrected chi connectivity index (χ2v) is 7.56. The zero-order chi connectivity index (χ0) is 20.9. The Morgan fingerprint density at radius 2 is 1.54 bits per heavy atom. The quantitative estimate of drug-likeness (QED) is 0.679. The lowest BCUT2D eigenvalue weighted by Crippen LogP contribution is -2.61. The molecule has 0 saturated heterocycles. The molecule has 7 nitrogen and oxygen atoms in total. The molecule has 28 heavy (non-hydrogen) atoms. The molecular weight excluding hydrogens is 360 g/mol. The highest BCUT2D eigenvalue weighted by atomic mass is 16.5. The standard InChI is InChI=1S/C21H26N2O5/c1-20(2,3)21(4,23-19(25)26)18(24)22-14-9-11-15(12-10-14)28-17-8-6-7-16(13-17)27-5/h6-13,23H,1-5H3,(H,22,24)(H,25,26)/t21-/m0/s1. The fraction of sp³-hybridized carbons (Fsp3) is 0.333. The number of ether oxygens (including phenoxy) is 2. The van der Waals surface area contributed by atoms with Crippen molar-refractivity contribution < 1.29 is 24.2 Å². The molecule has 0 heterocycles. The number of carbonyl (C=O) groups is 2. The molecule has 3 N–H and O–H groups in total. The zero-order valence-electron chi connectivity index (χ0n) is 16.7. The van der Waals surface area contributed by atoms with Gasteiger partial charge in [0.2, 0.25) is 0 Å². The smallest absolute Gasteiger partial charge is 0.405 e. The number of carboxylic acid groups (broad SMARTS) is 1. The molecule has 7 heteroatoms.